The summed E-state index contributed by atoms with van der Waals surface area (Å²) in [6, 6.07) is 5.99. The van der Waals surface area contributed by atoms with E-state index in [4.69, 9.17) is 5.26 Å². The van der Waals surface area contributed by atoms with Crippen LogP contribution in [0, 0.1) is 11.3 Å². The van der Waals surface area contributed by atoms with E-state index in [9.17, 15) is 13.2 Å². The first-order chi connectivity index (χ1) is 8.40. The van der Waals surface area contributed by atoms with Gasteiger partial charge >= 0.3 is 6.18 Å². The van der Waals surface area contributed by atoms with E-state index in [1.807, 2.05) is 6.07 Å². The van der Waals surface area contributed by atoms with E-state index in [0.29, 0.717) is 11.0 Å². The third-order valence-electron chi connectivity index (χ3n) is 2.48. The fraction of sp³-hybridized carbons (Fsp3) is 0.417. The van der Waals surface area contributed by atoms with Gasteiger partial charge in [0, 0.05) is 23.2 Å². The van der Waals surface area contributed by atoms with Crippen molar-refractivity contribution < 1.29 is 13.2 Å². The highest BCUT2D eigenvalue weighted by atomic mass is 79.9. The van der Waals surface area contributed by atoms with E-state index in [1.165, 1.54) is 6.07 Å². The van der Waals surface area contributed by atoms with Gasteiger partial charge < -0.3 is 4.90 Å². The minimum atomic E-state index is -4.40. The molecule has 1 rings (SSSR count). The van der Waals surface area contributed by atoms with Crippen LogP contribution in [0.15, 0.2) is 22.7 Å². The van der Waals surface area contributed by atoms with E-state index in [1.54, 1.807) is 17.9 Å². The Morgan fingerprint density at radius 1 is 1.39 bits per heavy atom. The Bertz CT molecular complexity index is 452. The van der Waals surface area contributed by atoms with Gasteiger partial charge in [-0.3, -0.25) is 0 Å². The molecule has 0 aromatic heterocycles. The zero-order valence-corrected chi connectivity index (χ0v) is 11.3. The lowest BCUT2D eigenvalue weighted by Gasteiger charge is -2.25. The average molecular weight is 321 g/mol. The molecule has 1 aromatic carbocycles. The third-order valence-corrected chi connectivity index (χ3v) is 2.97. The zero-order valence-electron chi connectivity index (χ0n) is 9.76. The number of halogens is 4. The lowest BCUT2D eigenvalue weighted by molar-refractivity contribution is -0.137. The van der Waals surface area contributed by atoms with Gasteiger partial charge in [-0.15, -0.1) is 0 Å². The van der Waals surface area contributed by atoms with E-state index in [-0.39, 0.29) is 18.7 Å². The van der Waals surface area contributed by atoms with Gasteiger partial charge in [0.25, 0.3) is 0 Å². The van der Waals surface area contributed by atoms with Crippen LogP contribution in [0.5, 0.6) is 0 Å². The number of hydrogen-bond acceptors (Lipinski definition) is 2. The van der Waals surface area contributed by atoms with Gasteiger partial charge in [0.1, 0.15) is 0 Å². The molecule has 0 aliphatic heterocycles. The average Bonchev–Trinajstić information content (AvgIpc) is 2.30. The van der Waals surface area contributed by atoms with E-state index < -0.39 is 11.7 Å². The number of alkyl halides is 3. The molecule has 0 aliphatic carbocycles. The Balaban J connectivity index is 3.18. The van der Waals surface area contributed by atoms with E-state index in [2.05, 4.69) is 15.9 Å². The van der Waals surface area contributed by atoms with Crippen molar-refractivity contribution in [1.29, 1.82) is 5.26 Å². The van der Waals surface area contributed by atoms with Gasteiger partial charge in [-0.05, 0) is 25.1 Å². The lowest BCUT2D eigenvalue weighted by Crippen LogP contribution is -2.26. The smallest absolute Gasteiger partial charge is 0.370 e. The molecule has 0 fully saturated rings. The second-order valence-electron chi connectivity index (χ2n) is 3.65. The largest absolute Gasteiger partial charge is 0.418 e. The van der Waals surface area contributed by atoms with Gasteiger partial charge in [-0.1, -0.05) is 15.9 Å². The highest BCUT2D eigenvalue weighted by molar-refractivity contribution is 9.10. The standard InChI is InChI=1S/C12H12BrF3N2/c1-2-18(7-3-6-17)11-5-4-9(13)8-10(11)12(14,15)16/h4-5,8H,2-3,7H2,1H3. The fourth-order valence-electron chi connectivity index (χ4n) is 1.64. The van der Waals surface area contributed by atoms with Crippen molar-refractivity contribution in [3.63, 3.8) is 0 Å². The number of hydrogen-bond donors (Lipinski definition) is 0. The predicted octanol–water partition coefficient (Wildman–Crippen LogP) is 4.21. The fourth-order valence-corrected chi connectivity index (χ4v) is 2.01. The van der Waals surface area contributed by atoms with Crippen LogP contribution in [0.2, 0.25) is 0 Å². The van der Waals surface area contributed by atoms with Crippen LogP contribution in [0.3, 0.4) is 0 Å². The van der Waals surface area contributed by atoms with Crippen molar-refractivity contribution in [2.45, 2.75) is 19.5 Å². The highest BCUT2D eigenvalue weighted by Gasteiger charge is 2.34. The normalized spacial score (nSPS) is 11.1. The summed E-state index contributed by atoms with van der Waals surface area (Å²) < 4.78 is 39.2. The van der Waals surface area contributed by atoms with E-state index >= 15 is 0 Å². The van der Waals surface area contributed by atoms with Gasteiger partial charge in [-0.25, -0.2) is 0 Å². The van der Waals surface area contributed by atoms with Crippen LogP contribution in [-0.2, 0) is 6.18 Å². The van der Waals surface area contributed by atoms with Crippen molar-refractivity contribution in [1.82, 2.24) is 0 Å². The minimum Gasteiger partial charge on any atom is -0.370 e. The van der Waals surface area contributed by atoms with E-state index in [0.717, 1.165) is 6.07 Å². The molecule has 0 saturated carbocycles. The van der Waals surface area contributed by atoms with Crippen molar-refractivity contribution >= 4 is 21.6 Å². The molecular weight excluding hydrogens is 309 g/mol. The van der Waals surface area contributed by atoms with Crippen molar-refractivity contribution in [2.75, 3.05) is 18.0 Å². The first-order valence-corrected chi connectivity index (χ1v) is 6.18. The molecule has 98 valence electrons. The lowest BCUT2D eigenvalue weighted by atomic mass is 10.1. The van der Waals surface area contributed by atoms with Crippen LogP contribution in [0.25, 0.3) is 0 Å². The Kier molecular flexibility index (Phi) is 5.03. The minimum absolute atomic E-state index is 0.114. The molecular formula is C12H12BrF3N2. The number of benzene rings is 1. The molecule has 0 heterocycles. The van der Waals surface area contributed by atoms with Gasteiger partial charge in [0.15, 0.2) is 0 Å². The Hall–Kier alpha value is -1.22. The van der Waals surface area contributed by atoms with Crippen molar-refractivity contribution in [2.24, 2.45) is 0 Å². The summed E-state index contributed by atoms with van der Waals surface area (Å²) >= 11 is 3.04. The maximum absolute atomic E-state index is 12.9. The Morgan fingerprint density at radius 3 is 2.56 bits per heavy atom. The summed E-state index contributed by atoms with van der Waals surface area (Å²) in [4.78, 5) is 1.55. The topological polar surface area (TPSA) is 27.0 Å². The van der Waals surface area contributed by atoms with Gasteiger partial charge in [0.2, 0.25) is 0 Å². The molecule has 18 heavy (non-hydrogen) atoms. The number of nitrogens with zero attached hydrogens (tertiary/aromatic N) is 2. The third kappa shape index (κ3) is 3.64. The molecule has 0 amide bonds. The molecule has 0 unspecified atom stereocenters. The van der Waals surface area contributed by atoms with Crippen LogP contribution in [-0.4, -0.2) is 13.1 Å². The summed E-state index contributed by atoms with van der Waals surface area (Å²) in [6.45, 7) is 2.48. The molecule has 0 radical (unpaired) electrons. The summed E-state index contributed by atoms with van der Waals surface area (Å²) in [7, 11) is 0. The molecule has 0 atom stereocenters. The maximum atomic E-state index is 12.9. The van der Waals surface area contributed by atoms with Gasteiger partial charge in [0.05, 0.1) is 18.1 Å². The first-order valence-electron chi connectivity index (χ1n) is 5.38. The maximum Gasteiger partial charge on any atom is 0.418 e. The molecule has 1 aromatic rings. The SMILES string of the molecule is CCN(CCC#N)c1ccc(Br)cc1C(F)(F)F. The second kappa shape index (κ2) is 6.10. The monoisotopic (exact) mass is 320 g/mol. The van der Waals surface area contributed by atoms with Crippen LogP contribution in [0.1, 0.15) is 18.9 Å². The molecule has 0 saturated heterocycles. The summed E-state index contributed by atoms with van der Waals surface area (Å²) in [5.41, 5.74) is -0.569. The summed E-state index contributed by atoms with van der Waals surface area (Å²) in [5, 5.41) is 8.52. The van der Waals surface area contributed by atoms with Crippen molar-refractivity contribution in [3.8, 4) is 6.07 Å². The highest BCUT2D eigenvalue weighted by Crippen LogP contribution is 2.38. The predicted molar refractivity (Wildman–Crippen MR) is 67.3 cm³/mol. The van der Waals surface area contributed by atoms with Crippen LogP contribution >= 0.6 is 15.9 Å². The molecule has 0 aliphatic rings. The first kappa shape index (κ1) is 14.8. The molecule has 0 spiro atoms. The second-order valence-corrected chi connectivity index (χ2v) is 4.56. The Labute approximate surface area is 112 Å². The molecule has 0 N–H and O–H groups in total. The van der Waals surface area contributed by atoms with Crippen molar-refractivity contribution in [3.05, 3.63) is 28.2 Å². The van der Waals surface area contributed by atoms with Crippen LogP contribution < -0.4 is 4.90 Å². The molecule has 6 heteroatoms. The summed E-state index contributed by atoms with van der Waals surface area (Å²) in [5.74, 6) is 0. The zero-order chi connectivity index (χ0) is 13.8. The number of nitriles is 1. The summed E-state index contributed by atoms with van der Waals surface area (Å²) in [6.07, 6.45) is -4.21. The van der Waals surface area contributed by atoms with Gasteiger partial charge in [-0.2, -0.15) is 18.4 Å². The Morgan fingerprint density at radius 2 is 2.06 bits per heavy atom. The molecule has 0 bridgehead atoms. The number of rotatable bonds is 4. The quantitative estimate of drug-likeness (QED) is 0.831. The van der Waals surface area contributed by atoms with Crippen LogP contribution in [0.4, 0.5) is 18.9 Å². The molecule has 2 nitrogen and oxygen atoms in total. The number of anilines is 1.